The van der Waals surface area contributed by atoms with E-state index in [2.05, 4.69) is 4.85 Å². The molecule has 0 saturated carbocycles. The molecule has 0 amide bonds. The van der Waals surface area contributed by atoms with Gasteiger partial charge in [0.2, 0.25) is 0 Å². The molecule has 0 heterocycles. The Labute approximate surface area is 85.7 Å². The van der Waals surface area contributed by atoms with Crippen LogP contribution in [0.1, 0.15) is 5.56 Å². The molecule has 0 atom stereocenters. The number of hydrogen-bond donors (Lipinski definition) is 0. The summed E-state index contributed by atoms with van der Waals surface area (Å²) in [5, 5.41) is 0.401. The van der Waals surface area contributed by atoms with E-state index in [0.29, 0.717) is 10.6 Å². The van der Waals surface area contributed by atoms with Crippen molar-refractivity contribution in [1.29, 1.82) is 0 Å². The summed E-state index contributed by atoms with van der Waals surface area (Å²) in [7, 11) is 0. The Morgan fingerprint density at radius 2 is 1.83 bits per heavy atom. The zero-order valence-corrected chi connectivity index (χ0v) is 8.16. The fraction of sp³-hybridized carbons (Fsp3) is 0.125. The van der Waals surface area contributed by atoms with E-state index < -0.39 is 4.46 Å². The van der Waals surface area contributed by atoms with Gasteiger partial charge in [-0.2, -0.15) is 0 Å². The minimum absolute atomic E-state index is 0.401. The monoisotopic (exact) mass is 219 g/mol. The minimum Gasteiger partial charge on any atom is -0.271 e. The predicted molar refractivity (Wildman–Crippen MR) is 51.4 cm³/mol. The molecule has 0 saturated heterocycles. The van der Waals surface area contributed by atoms with Gasteiger partial charge in [0, 0.05) is 0 Å². The maximum atomic E-state index is 6.74. The van der Waals surface area contributed by atoms with Gasteiger partial charge >= 0.3 is 4.46 Å². The fourth-order valence-electron chi connectivity index (χ4n) is 0.765. The van der Waals surface area contributed by atoms with E-state index >= 15 is 0 Å². The molecule has 0 unspecified atom stereocenters. The van der Waals surface area contributed by atoms with Crippen molar-refractivity contribution < 1.29 is 0 Å². The summed E-state index contributed by atoms with van der Waals surface area (Å²) in [6.45, 7) is 6.74. The van der Waals surface area contributed by atoms with E-state index in [1.165, 1.54) is 0 Å². The summed E-state index contributed by atoms with van der Waals surface area (Å²) in [5.41, 5.74) is 0.421. The SMILES string of the molecule is [C-]#[N+]C(Cl)(Cl)c1ccccc1Cl. The van der Waals surface area contributed by atoms with Crippen LogP contribution in [-0.2, 0) is 4.46 Å². The molecule has 0 bridgehead atoms. The molecule has 0 N–H and O–H groups in total. The molecule has 1 nitrogen and oxygen atoms in total. The third-order valence-electron chi connectivity index (χ3n) is 1.34. The lowest BCUT2D eigenvalue weighted by molar-refractivity contribution is 1.09. The van der Waals surface area contributed by atoms with Gasteiger partial charge in [0.15, 0.2) is 0 Å². The zero-order chi connectivity index (χ0) is 9.19. The molecule has 0 spiro atoms. The number of hydrogen-bond acceptors (Lipinski definition) is 0. The van der Waals surface area contributed by atoms with Crippen LogP contribution in [0.3, 0.4) is 0 Å². The molecule has 62 valence electrons. The van der Waals surface area contributed by atoms with Crippen LogP contribution in [0, 0.1) is 6.57 Å². The molecular formula is C8H4Cl3N. The van der Waals surface area contributed by atoms with Crippen LogP contribution in [0.2, 0.25) is 5.02 Å². The summed E-state index contributed by atoms with van der Waals surface area (Å²) in [5.74, 6) is 0. The first-order chi connectivity index (χ1) is 5.58. The quantitative estimate of drug-likeness (QED) is 0.385. The van der Waals surface area contributed by atoms with E-state index in [-0.39, 0.29) is 0 Å². The van der Waals surface area contributed by atoms with Crippen molar-refractivity contribution in [3.8, 4) is 0 Å². The Bertz CT molecular complexity index is 327. The zero-order valence-electron chi connectivity index (χ0n) is 5.89. The van der Waals surface area contributed by atoms with Gasteiger partial charge in [-0.05, 0) is 35.3 Å². The van der Waals surface area contributed by atoms with Crippen LogP contribution in [-0.4, -0.2) is 0 Å². The molecular weight excluding hydrogens is 216 g/mol. The Morgan fingerprint density at radius 1 is 1.25 bits per heavy atom. The van der Waals surface area contributed by atoms with Crippen LogP contribution < -0.4 is 0 Å². The van der Waals surface area contributed by atoms with E-state index in [1.807, 2.05) is 0 Å². The van der Waals surface area contributed by atoms with Gasteiger partial charge in [0.25, 0.3) is 0 Å². The topological polar surface area (TPSA) is 4.36 Å². The number of rotatable bonds is 1. The highest BCUT2D eigenvalue weighted by atomic mass is 35.5. The molecule has 0 aliphatic carbocycles. The fourth-order valence-corrected chi connectivity index (χ4v) is 1.46. The molecule has 1 rings (SSSR count). The molecule has 4 heteroatoms. The van der Waals surface area contributed by atoms with Crippen molar-refractivity contribution in [3.05, 3.63) is 46.3 Å². The van der Waals surface area contributed by atoms with Crippen molar-refractivity contribution >= 4 is 34.8 Å². The third kappa shape index (κ3) is 1.84. The third-order valence-corrected chi connectivity index (χ3v) is 2.24. The van der Waals surface area contributed by atoms with Crippen molar-refractivity contribution in [1.82, 2.24) is 0 Å². The normalized spacial score (nSPS) is 10.8. The van der Waals surface area contributed by atoms with Crippen LogP contribution in [0.4, 0.5) is 0 Å². The molecule has 0 aliphatic rings. The summed E-state index contributed by atoms with van der Waals surface area (Å²) in [6.07, 6.45) is 0. The Balaban J connectivity index is 3.22. The van der Waals surface area contributed by atoms with Crippen LogP contribution >= 0.6 is 34.8 Å². The summed E-state index contributed by atoms with van der Waals surface area (Å²) >= 11 is 17.1. The second-order valence-electron chi connectivity index (χ2n) is 2.13. The average molecular weight is 220 g/mol. The number of halogens is 3. The van der Waals surface area contributed by atoms with Crippen LogP contribution in [0.15, 0.2) is 24.3 Å². The summed E-state index contributed by atoms with van der Waals surface area (Å²) < 4.78 is -1.57. The summed E-state index contributed by atoms with van der Waals surface area (Å²) in [6, 6.07) is 6.74. The maximum Gasteiger partial charge on any atom is 0.410 e. The number of alkyl halides is 2. The molecule has 1 aromatic rings. The first-order valence-corrected chi connectivity index (χ1v) is 4.23. The van der Waals surface area contributed by atoms with Crippen LogP contribution in [0.25, 0.3) is 4.85 Å². The number of benzene rings is 1. The minimum atomic E-state index is -1.57. The van der Waals surface area contributed by atoms with Gasteiger partial charge in [0.1, 0.15) is 0 Å². The highest BCUT2D eigenvalue weighted by molar-refractivity contribution is 6.50. The average Bonchev–Trinajstić information content (AvgIpc) is 2.05. The van der Waals surface area contributed by atoms with Gasteiger partial charge in [-0.15, -0.1) is 0 Å². The molecule has 0 aromatic heterocycles. The van der Waals surface area contributed by atoms with Crippen molar-refractivity contribution in [2.24, 2.45) is 0 Å². The largest absolute Gasteiger partial charge is 0.410 e. The van der Waals surface area contributed by atoms with E-state index in [1.54, 1.807) is 24.3 Å². The molecule has 0 aliphatic heterocycles. The van der Waals surface area contributed by atoms with E-state index in [4.69, 9.17) is 41.4 Å². The summed E-state index contributed by atoms with van der Waals surface area (Å²) in [4.78, 5) is 3.05. The highest BCUT2D eigenvalue weighted by Crippen LogP contribution is 2.38. The lowest BCUT2D eigenvalue weighted by Crippen LogP contribution is -2.03. The van der Waals surface area contributed by atoms with Gasteiger partial charge in [-0.3, -0.25) is 4.85 Å². The van der Waals surface area contributed by atoms with Gasteiger partial charge in [-0.1, -0.05) is 23.7 Å². The second-order valence-corrected chi connectivity index (χ2v) is 3.83. The smallest absolute Gasteiger partial charge is 0.271 e. The molecule has 0 fully saturated rings. The van der Waals surface area contributed by atoms with Crippen molar-refractivity contribution in [2.75, 3.05) is 0 Å². The first kappa shape index (κ1) is 9.67. The second kappa shape index (κ2) is 3.53. The van der Waals surface area contributed by atoms with Gasteiger partial charge < -0.3 is 0 Å². The Morgan fingerprint density at radius 3 is 2.33 bits per heavy atom. The number of nitrogens with zero attached hydrogens (tertiary/aromatic N) is 1. The lowest BCUT2D eigenvalue weighted by atomic mass is 10.2. The molecule has 12 heavy (non-hydrogen) atoms. The van der Waals surface area contributed by atoms with Gasteiger partial charge in [0.05, 0.1) is 10.6 Å². The molecule has 1 aromatic carbocycles. The van der Waals surface area contributed by atoms with Crippen LogP contribution in [0.5, 0.6) is 0 Å². The van der Waals surface area contributed by atoms with E-state index in [9.17, 15) is 0 Å². The van der Waals surface area contributed by atoms with Crippen molar-refractivity contribution in [2.45, 2.75) is 4.46 Å². The standard InChI is InChI=1S/C8H4Cl3N/c1-12-8(10,11)6-4-2-3-5-7(6)9/h2-5H. The Kier molecular flexibility index (Phi) is 2.85. The highest BCUT2D eigenvalue weighted by Gasteiger charge is 2.35. The predicted octanol–water partition coefficient (Wildman–Crippen LogP) is 3.85. The first-order valence-electron chi connectivity index (χ1n) is 3.09. The van der Waals surface area contributed by atoms with Crippen molar-refractivity contribution in [3.63, 3.8) is 0 Å². The van der Waals surface area contributed by atoms with Gasteiger partial charge in [-0.25, -0.2) is 6.57 Å². The maximum absolute atomic E-state index is 6.74. The Hall–Kier alpha value is -0.420. The lowest BCUT2D eigenvalue weighted by Gasteiger charge is -2.06. The van der Waals surface area contributed by atoms with E-state index in [0.717, 1.165) is 0 Å². The molecule has 0 radical (unpaired) electrons.